The van der Waals surface area contributed by atoms with Crippen LogP contribution >= 0.6 is 0 Å². The molecule has 1 aliphatic rings. The molecule has 0 saturated carbocycles. The number of anilines is 1. The number of piperidine rings is 1. The van der Waals surface area contributed by atoms with Crippen molar-refractivity contribution in [3.8, 4) is 0 Å². The summed E-state index contributed by atoms with van der Waals surface area (Å²) >= 11 is 0. The molecule has 11 nitrogen and oxygen atoms in total. The molecule has 1 heterocycles. The molecule has 5 amide bonds. The zero-order valence-electron chi connectivity index (χ0n) is 22.6. The molecule has 2 unspecified atom stereocenters. The van der Waals surface area contributed by atoms with Crippen molar-refractivity contribution in [2.24, 2.45) is 17.6 Å². The van der Waals surface area contributed by atoms with Gasteiger partial charge in [0.1, 0.15) is 12.1 Å². The van der Waals surface area contributed by atoms with Crippen LogP contribution in [-0.2, 0) is 21.0 Å². The predicted molar refractivity (Wildman–Crippen MR) is 146 cm³/mol. The summed E-state index contributed by atoms with van der Waals surface area (Å²) in [5.41, 5.74) is 6.34. The number of rotatable bonds is 15. The van der Waals surface area contributed by atoms with Gasteiger partial charge < -0.3 is 37.4 Å². The summed E-state index contributed by atoms with van der Waals surface area (Å²) in [7, 11) is 0. The highest BCUT2D eigenvalue weighted by molar-refractivity contribution is 5.98. The number of hydrogen-bond acceptors (Lipinski definition) is 6. The Balaban J connectivity index is 1.96. The van der Waals surface area contributed by atoms with Gasteiger partial charge in [-0.05, 0) is 81.1 Å². The normalized spacial score (nSPS) is 15.4. The summed E-state index contributed by atoms with van der Waals surface area (Å²) in [6.45, 7) is 5.87. The van der Waals surface area contributed by atoms with Crippen LogP contribution in [0.3, 0.4) is 0 Å². The van der Waals surface area contributed by atoms with E-state index in [0.717, 1.165) is 38.8 Å². The number of primary amides is 1. The van der Waals surface area contributed by atoms with Crippen molar-refractivity contribution in [1.82, 2.24) is 21.3 Å². The molecule has 0 aromatic heterocycles. The first-order chi connectivity index (χ1) is 18.2. The zero-order valence-corrected chi connectivity index (χ0v) is 22.6. The second-order valence-electron chi connectivity index (χ2n) is 10.2. The van der Waals surface area contributed by atoms with E-state index in [1.54, 1.807) is 24.3 Å². The van der Waals surface area contributed by atoms with Gasteiger partial charge in [0.2, 0.25) is 17.7 Å². The molecule has 0 spiro atoms. The standard InChI is InChI=1S/C27H44N6O5/c1-18(2)24(33-23(35)7-3-5-19-12-15-29-16-13-19)26(37)32-22(6-4-14-30-27(28)38)25(36)31-21-10-8-20(17-34)9-11-21/h8-11,18-19,22,24,29,34H,3-7,12-17H2,1-2H3,(H,31,36)(H,32,37)(H,33,35)(H3,28,30,38). The minimum Gasteiger partial charge on any atom is -0.392 e. The van der Waals surface area contributed by atoms with E-state index < -0.39 is 29.9 Å². The van der Waals surface area contributed by atoms with Gasteiger partial charge in [-0.25, -0.2) is 4.79 Å². The highest BCUT2D eigenvalue weighted by Crippen LogP contribution is 2.19. The van der Waals surface area contributed by atoms with Gasteiger partial charge in [-0.2, -0.15) is 0 Å². The van der Waals surface area contributed by atoms with Crippen LogP contribution in [0.15, 0.2) is 24.3 Å². The highest BCUT2D eigenvalue weighted by atomic mass is 16.3. The first-order valence-electron chi connectivity index (χ1n) is 13.5. The molecule has 0 radical (unpaired) electrons. The van der Waals surface area contributed by atoms with Crippen LogP contribution in [0.25, 0.3) is 0 Å². The van der Waals surface area contributed by atoms with Gasteiger partial charge in [-0.15, -0.1) is 0 Å². The number of nitrogens with one attached hydrogen (secondary N) is 5. The average Bonchev–Trinajstić information content (AvgIpc) is 2.89. The van der Waals surface area contributed by atoms with E-state index in [9.17, 15) is 24.3 Å². The molecular weight excluding hydrogens is 488 g/mol. The minimum absolute atomic E-state index is 0.111. The Kier molecular flexibility index (Phi) is 13.6. The number of aliphatic hydroxyl groups excluding tert-OH is 1. The molecule has 38 heavy (non-hydrogen) atoms. The third-order valence-electron chi connectivity index (χ3n) is 6.75. The van der Waals surface area contributed by atoms with E-state index in [1.807, 2.05) is 13.8 Å². The summed E-state index contributed by atoms with van der Waals surface area (Å²) < 4.78 is 0. The van der Waals surface area contributed by atoms with Gasteiger partial charge in [0, 0.05) is 18.7 Å². The van der Waals surface area contributed by atoms with Gasteiger partial charge in [0.25, 0.3) is 0 Å². The third kappa shape index (κ3) is 11.5. The Labute approximate surface area is 225 Å². The summed E-state index contributed by atoms with van der Waals surface area (Å²) in [4.78, 5) is 49.9. The quantitative estimate of drug-likeness (QED) is 0.168. The third-order valence-corrected chi connectivity index (χ3v) is 6.75. The molecule has 2 atom stereocenters. The van der Waals surface area contributed by atoms with E-state index in [-0.39, 0.29) is 31.4 Å². The number of nitrogens with two attached hydrogens (primary N) is 1. The number of amides is 5. The molecular formula is C27H44N6O5. The lowest BCUT2D eigenvalue weighted by molar-refractivity contribution is -0.132. The fourth-order valence-electron chi connectivity index (χ4n) is 4.47. The topological polar surface area (TPSA) is 175 Å². The molecule has 0 bridgehead atoms. The number of carbonyl (C=O) groups excluding carboxylic acids is 4. The summed E-state index contributed by atoms with van der Waals surface area (Å²) in [5, 5.41) is 23.4. The smallest absolute Gasteiger partial charge is 0.312 e. The molecule has 8 N–H and O–H groups in total. The van der Waals surface area contributed by atoms with Crippen molar-refractivity contribution in [1.29, 1.82) is 0 Å². The van der Waals surface area contributed by atoms with Gasteiger partial charge in [0.15, 0.2) is 0 Å². The maximum absolute atomic E-state index is 13.2. The van der Waals surface area contributed by atoms with Crippen LogP contribution in [0, 0.1) is 11.8 Å². The lowest BCUT2D eigenvalue weighted by Gasteiger charge is -2.26. The van der Waals surface area contributed by atoms with Gasteiger partial charge >= 0.3 is 6.03 Å². The first kappa shape index (κ1) is 31.0. The molecule has 11 heteroatoms. The van der Waals surface area contributed by atoms with Crippen molar-refractivity contribution in [3.63, 3.8) is 0 Å². The second-order valence-corrected chi connectivity index (χ2v) is 10.2. The van der Waals surface area contributed by atoms with Crippen LogP contribution < -0.4 is 32.3 Å². The lowest BCUT2D eigenvalue weighted by Crippen LogP contribution is -2.54. The Morgan fingerprint density at radius 3 is 2.32 bits per heavy atom. The van der Waals surface area contributed by atoms with E-state index >= 15 is 0 Å². The molecule has 1 aliphatic heterocycles. The minimum atomic E-state index is -0.896. The fourth-order valence-corrected chi connectivity index (χ4v) is 4.47. The van der Waals surface area contributed by atoms with E-state index in [1.165, 1.54) is 0 Å². The molecule has 2 rings (SSSR count). The van der Waals surface area contributed by atoms with Crippen LogP contribution in [0.1, 0.15) is 64.4 Å². The highest BCUT2D eigenvalue weighted by Gasteiger charge is 2.29. The maximum atomic E-state index is 13.2. The van der Waals surface area contributed by atoms with Crippen LogP contribution in [0.5, 0.6) is 0 Å². The van der Waals surface area contributed by atoms with Crippen LogP contribution in [0.4, 0.5) is 10.5 Å². The first-order valence-corrected chi connectivity index (χ1v) is 13.5. The van der Waals surface area contributed by atoms with Crippen molar-refractivity contribution in [2.45, 2.75) is 77.5 Å². The van der Waals surface area contributed by atoms with Crippen molar-refractivity contribution in [2.75, 3.05) is 25.0 Å². The number of urea groups is 1. The van der Waals surface area contributed by atoms with Gasteiger partial charge in [-0.3, -0.25) is 14.4 Å². The van der Waals surface area contributed by atoms with Gasteiger partial charge in [0.05, 0.1) is 6.61 Å². The Bertz CT molecular complexity index is 902. The van der Waals surface area contributed by atoms with Crippen LogP contribution in [0.2, 0.25) is 0 Å². The number of hydrogen-bond donors (Lipinski definition) is 7. The number of aliphatic hydroxyl groups is 1. The molecule has 212 valence electrons. The van der Waals surface area contributed by atoms with Crippen LogP contribution in [-0.4, -0.2) is 60.6 Å². The molecule has 0 aliphatic carbocycles. The number of carbonyl (C=O) groups is 4. The molecule has 1 saturated heterocycles. The Hall–Kier alpha value is -3.18. The van der Waals surface area contributed by atoms with Crippen molar-refractivity contribution in [3.05, 3.63) is 29.8 Å². The van der Waals surface area contributed by atoms with E-state index in [2.05, 4.69) is 26.6 Å². The average molecular weight is 533 g/mol. The molecule has 1 fully saturated rings. The predicted octanol–water partition coefficient (Wildman–Crippen LogP) is 1.36. The zero-order chi connectivity index (χ0) is 27.9. The maximum Gasteiger partial charge on any atom is 0.312 e. The molecule has 1 aromatic carbocycles. The fraction of sp³-hybridized carbons (Fsp3) is 0.630. The summed E-state index contributed by atoms with van der Waals surface area (Å²) in [6, 6.07) is 4.36. The largest absolute Gasteiger partial charge is 0.392 e. The van der Waals surface area contributed by atoms with E-state index in [0.29, 0.717) is 30.0 Å². The van der Waals surface area contributed by atoms with Crippen molar-refractivity contribution < 1.29 is 24.3 Å². The second kappa shape index (κ2) is 16.6. The lowest BCUT2D eigenvalue weighted by atomic mass is 9.92. The Morgan fingerprint density at radius 2 is 1.71 bits per heavy atom. The SMILES string of the molecule is CC(C)C(NC(=O)CCCC1CCNCC1)C(=O)NC(CCCNC(N)=O)C(=O)Nc1ccc(CO)cc1. The molecule has 1 aromatic rings. The van der Waals surface area contributed by atoms with E-state index in [4.69, 9.17) is 5.73 Å². The summed E-state index contributed by atoms with van der Waals surface area (Å²) in [6.07, 6.45) is 5.03. The van der Waals surface area contributed by atoms with Gasteiger partial charge in [-0.1, -0.05) is 26.0 Å². The monoisotopic (exact) mass is 532 g/mol. The summed E-state index contributed by atoms with van der Waals surface area (Å²) in [5.74, 6) is -0.593. The number of benzene rings is 1. The Morgan fingerprint density at radius 1 is 1.03 bits per heavy atom. The van der Waals surface area contributed by atoms with Crippen molar-refractivity contribution >= 4 is 29.4 Å².